The summed E-state index contributed by atoms with van der Waals surface area (Å²) in [5.74, 6) is 0.864. The summed E-state index contributed by atoms with van der Waals surface area (Å²) in [4.78, 5) is 0. The first-order valence-electron chi connectivity index (χ1n) is 5.24. The maximum Gasteiger partial charge on any atom is 0.142 e. The van der Waals surface area contributed by atoms with Crippen molar-refractivity contribution in [3.8, 4) is 5.75 Å². The Hall–Kier alpha value is -0.900. The molecule has 0 saturated carbocycles. The van der Waals surface area contributed by atoms with Gasteiger partial charge >= 0.3 is 0 Å². The molecule has 2 rings (SSSR count). The number of hydrogen-bond donors (Lipinski definition) is 0. The van der Waals surface area contributed by atoms with Gasteiger partial charge in [-0.3, -0.25) is 4.68 Å². The molecule has 0 bridgehead atoms. The third-order valence-corrected chi connectivity index (χ3v) is 3.16. The van der Waals surface area contributed by atoms with Crippen molar-refractivity contribution in [3.05, 3.63) is 45.7 Å². The standard InChI is InChI=1S/C12H11Cl3N2O/c1-17-6-8(5-16-17)7-18-12-9(4-13)2-10(14)3-11(12)15/h2-3,5-6H,4,7H2,1H3. The third-order valence-electron chi connectivity index (χ3n) is 2.37. The lowest BCUT2D eigenvalue weighted by Crippen LogP contribution is -1.98. The van der Waals surface area contributed by atoms with Crippen LogP contribution < -0.4 is 4.74 Å². The van der Waals surface area contributed by atoms with Crippen molar-refractivity contribution in [1.29, 1.82) is 0 Å². The van der Waals surface area contributed by atoms with Crippen molar-refractivity contribution < 1.29 is 4.74 Å². The van der Waals surface area contributed by atoms with Crippen LogP contribution in [-0.2, 0) is 19.5 Å². The molecule has 1 aromatic heterocycles. The van der Waals surface area contributed by atoms with Gasteiger partial charge in [-0.2, -0.15) is 5.10 Å². The van der Waals surface area contributed by atoms with Gasteiger partial charge in [0, 0.05) is 29.4 Å². The van der Waals surface area contributed by atoms with Gasteiger partial charge in [0.25, 0.3) is 0 Å². The van der Waals surface area contributed by atoms with Crippen LogP contribution in [-0.4, -0.2) is 9.78 Å². The molecule has 0 fully saturated rings. The number of nitrogens with zero attached hydrogens (tertiary/aromatic N) is 2. The molecule has 1 heterocycles. The van der Waals surface area contributed by atoms with E-state index in [1.165, 1.54) is 0 Å². The highest BCUT2D eigenvalue weighted by Crippen LogP contribution is 2.33. The summed E-state index contributed by atoms with van der Waals surface area (Å²) in [5, 5.41) is 5.07. The predicted molar refractivity (Wildman–Crippen MR) is 73.6 cm³/mol. The highest BCUT2D eigenvalue weighted by Gasteiger charge is 2.10. The van der Waals surface area contributed by atoms with Gasteiger partial charge in [-0.15, -0.1) is 11.6 Å². The molecule has 0 spiro atoms. The first kappa shape index (κ1) is 13.5. The van der Waals surface area contributed by atoms with Gasteiger partial charge in [-0.1, -0.05) is 23.2 Å². The van der Waals surface area contributed by atoms with Gasteiger partial charge in [0.1, 0.15) is 12.4 Å². The molecular formula is C12H11Cl3N2O. The van der Waals surface area contributed by atoms with Crippen LogP contribution in [0.15, 0.2) is 24.5 Å². The van der Waals surface area contributed by atoms with E-state index < -0.39 is 0 Å². The zero-order valence-corrected chi connectivity index (χ0v) is 11.9. The molecule has 0 unspecified atom stereocenters. The predicted octanol–water partition coefficient (Wildman–Crippen LogP) is 4.04. The second kappa shape index (κ2) is 5.83. The molecular weight excluding hydrogens is 295 g/mol. The van der Waals surface area contributed by atoms with Crippen molar-refractivity contribution in [2.24, 2.45) is 7.05 Å². The second-order valence-corrected chi connectivity index (χ2v) is 4.93. The SMILES string of the molecule is Cn1cc(COc2c(Cl)cc(Cl)cc2CCl)cn1. The summed E-state index contributed by atoms with van der Waals surface area (Å²) in [7, 11) is 1.85. The molecule has 96 valence electrons. The van der Waals surface area contributed by atoms with Gasteiger partial charge in [-0.25, -0.2) is 0 Å². The summed E-state index contributed by atoms with van der Waals surface area (Å²) >= 11 is 17.9. The molecule has 0 saturated heterocycles. The van der Waals surface area contributed by atoms with Crippen LogP contribution in [0.25, 0.3) is 0 Å². The lowest BCUT2D eigenvalue weighted by atomic mass is 10.2. The minimum absolute atomic E-state index is 0.294. The fourth-order valence-corrected chi connectivity index (χ4v) is 2.37. The quantitative estimate of drug-likeness (QED) is 0.797. The largest absolute Gasteiger partial charge is 0.487 e. The Kier molecular flexibility index (Phi) is 4.38. The Balaban J connectivity index is 2.18. The summed E-state index contributed by atoms with van der Waals surface area (Å²) in [6, 6.07) is 3.39. The number of alkyl halides is 1. The van der Waals surface area contributed by atoms with E-state index in [1.54, 1.807) is 23.0 Å². The lowest BCUT2D eigenvalue weighted by molar-refractivity contribution is 0.304. The van der Waals surface area contributed by atoms with Gasteiger partial charge < -0.3 is 4.74 Å². The topological polar surface area (TPSA) is 27.1 Å². The van der Waals surface area contributed by atoms with Gasteiger partial charge in [0.15, 0.2) is 0 Å². The van der Waals surface area contributed by atoms with Crippen molar-refractivity contribution >= 4 is 34.8 Å². The van der Waals surface area contributed by atoms with Crippen LogP contribution >= 0.6 is 34.8 Å². The van der Waals surface area contributed by atoms with Crippen LogP contribution in [0.3, 0.4) is 0 Å². The molecule has 0 N–H and O–H groups in total. The Morgan fingerprint density at radius 1 is 1.33 bits per heavy atom. The number of benzene rings is 1. The maximum atomic E-state index is 6.10. The summed E-state index contributed by atoms with van der Waals surface area (Å²) in [5.41, 5.74) is 1.74. The van der Waals surface area contributed by atoms with Crippen molar-refractivity contribution in [3.63, 3.8) is 0 Å². The van der Waals surface area contributed by atoms with E-state index in [1.807, 2.05) is 13.2 Å². The van der Waals surface area contributed by atoms with Crippen LogP contribution in [0.4, 0.5) is 0 Å². The first-order chi connectivity index (χ1) is 8.60. The van der Waals surface area contributed by atoms with E-state index in [0.29, 0.717) is 28.3 Å². The number of aryl methyl sites for hydroxylation is 1. The monoisotopic (exact) mass is 304 g/mol. The van der Waals surface area contributed by atoms with E-state index in [4.69, 9.17) is 39.5 Å². The molecule has 6 heteroatoms. The maximum absolute atomic E-state index is 6.10. The smallest absolute Gasteiger partial charge is 0.142 e. The zero-order chi connectivity index (χ0) is 13.1. The van der Waals surface area contributed by atoms with Gasteiger partial charge in [-0.05, 0) is 12.1 Å². The number of hydrogen-bond acceptors (Lipinski definition) is 2. The second-order valence-electron chi connectivity index (χ2n) is 3.82. The highest BCUT2D eigenvalue weighted by molar-refractivity contribution is 6.35. The average Bonchev–Trinajstić information content (AvgIpc) is 2.73. The van der Waals surface area contributed by atoms with Crippen LogP contribution in [0.5, 0.6) is 5.75 Å². The summed E-state index contributed by atoms with van der Waals surface area (Å²) < 4.78 is 7.40. The molecule has 0 atom stereocenters. The Bertz CT molecular complexity index is 554. The number of rotatable bonds is 4. The number of ether oxygens (including phenoxy) is 1. The molecule has 18 heavy (non-hydrogen) atoms. The fraction of sp³-hybridized carbons (Fsp3) is 0.250. The summed E-state index contributed by atoms with van der Waals surface area (Å²) in [6.45, 7) is 0.388. The van der Waals surface area contributed by atoms with E-state index >= 15 is 0 Å². The minimum atomic E-state index is 0.294. The Morgan fingerprint density at radius 3 is 2.72 bits per heavy atom. The molecule has 0 radical (unpaired) electrons. The van der Waals surface area contributed by atoms with Crippen molar-refractivity contribution in [2.75, 3.05) is 0 Å². The van der Waals surface area contributed by atoms with E-state index in [2.05, 4.69) is 5.10 Å². The lowest BCUT2D eigenvalue weighted by Gasteiger charge is -2.11. The molecule has 1 aromatic carbocycles. The zero-order valence-electron chi connectivity index (χ0n) is 9.66. The molecule has 0 amide bonds. The number of aromatic nitrogens is 2. The van der Waals surface area contributed by atoms with Crippen LogP contribution in [0.2, 0.25) is 10.0 Å². The molecule has 3 nitrogen and oxygen atoms in total. The van der Waals surface area contributed by atoms with E-state index in [0.717, 1.165) is 11.1 Å². The highest BCUT2D eigenvalue weighted by atomic mass is 35.5. The molecule has 0 aliphatic carbocycles. The van der Waals surface area contributed by atoms with E-state index in [9.17, 15) is 0 Å². The summed E-state index contributed by atoms with van der Waals surface area (Å²) in [6.07, 6.45) is 3.62. The van der Waals surface area contributed by atoms with E-state index in [-0.39, 0.29) is 0 Å². The Labute approximate surface area is 120 Å². The van der Waals surface area contributed by atoms with Crippen molar-refractivity contribution in [1.82, 2.24) is 9.78 Å². The molecule has 0 aliphatic rings. The van der Waals surface area contributed by atoms with Gasteiger partial charge in [0.2, 0.25) is 0 Å². The molecule has 2 aromatic rings. The normalized spacial score (nSPS) is 10.7. The molecule has 0 aliphatic heterocycles. The average molecular weight is 306 g/mol. The van der Waals surface area contributed by atoms with Crippen LogP contribution in [0.1, 0.15) is 11.1 Å². The Morgan fingerprint density at radius 2 is 2.11 bits per heavy atom. The first-order valence-corrected chi connectivity index (χ1v) is 6.53. The number of halogens is 3. The fourth-order valence-electron chi connectivity index (χ4n) is 1.58. The minimum Gasteiger partial charge on any atom is -0.487 e. The van der Waals surface area contributed by atoms with Gasteiger partial charge in [0.05, 0.1) is 17.1 Å². The van der Waals surface area contributed by atoms with Crippen molar-refractivity contribution in [2.45, 2.75) is 12.5 Å². The van der Waals surface area contributed by atoms with Crippen LogP contribution in [0, 0.1) is 0 Å². The third kappa shape index (κ3) is 3.10.